The standard InChI is InChI=1S/C16H22N6O/c1-3-12-6-7-17-13(9-12)10-18-16(23)22-8-4-5-14(22)15-20-19-11-21(15)2/h6-7,9,11,14H,3-5,8,10H2,1-2H3,(H,18,23). The van der Waals surface area contributed by atoms with Crippen molar-refractivity contribution in [2.45, 2.75) is 38.8 Å². The Hall–Kier alpha value is -2.44. The van der Waals surface area contributed by atoms with Gasteiger partial charge in [0.1, 0.15) is 6.33 Å². The molecule has 1 fully saturated rings. The van der Waals surface area contributed by atoms with Crippen LogP contribution in [0.4, 0.5) is 4.79 Å². The zero-order valence-corrected chi connectivity index (χ0v) is 13.6. The first-order valence-electron chi connectivity index (χ1n) is 8.01. The summed E-state index contributed by atoms with van der Waals surface area (Å²) in [7, 11) is 1.91. The lowest BCUT2D eigenvalue weighted by Gasteiger charge is -2.24. The van der Waals surface area contributed by atoms with Crippen LogP contribution in [0.5, 0.6) is 0 Å². The summed E-state index contributed by atoms with van der Waals surface area (Å²) in [5.41, 5.74) is 2.11. The van der Waals surface area contributed by atoms with Crippen LogP contribution in [0.3, 0.4) is 0 Å². The molecule has 0 spiro atoms. The minimum atomic E-state index is -0.0702. The molecule has 1 unspecified atom stereocenters. The van der Waals surface area contributed by atoms with Gasteiger partial charge >= 0.3 is 6.03 Å². The molecule has 23 heavy (non-hydrogen) atoms. The van der Waals surface area contributed by atoms with Crippen LogP contribution in [-0.4, -0.2) is 37.2 Å². The zero-order valence-electron chi connectivity index (χ0n) is 13.6. The van der Waals surface area contributed by atoms with Gasteiger partial charge in [-0.3, -0.25) is 4.98 Å². The number of hydrogen-bond donors (Lipinski definition) is 1. The molecule has 0 saturated carbocycles. The number of carbonyl (C=O) groups excluding carboxylic acids is 1. The van der Waals surface area contributed by atoms with E-state index < -0.39 is 0 Å². The molecule has 2 aromatic rings. The summed E-state index contributed by atoms with van der Waals surface area (Å²) < 4.78 is 1.88. The van der Waals surface area contributed by atoms with E-state index in [-0.39, 0.29) is 12.1 Å². The molecule has 1 atom stereocenters. The van der Waals surface area contributed by atoms with Crippen molar-refractivity contribution in [3.8, 4) is 0 Å². The lowest BCUT2D eigenvalue weighted by atomic mass is 10.2. The van der Waals surface area contributed by atoms with Crippen molar-refractivity contribution in [2.24, 2.45) is 7.05 Å². The van der Waals surface area contributed by atoms with E-state index in [0.29, 0.717) is 6.54 Å². The van der Waals surface area contributed by atoms with E-state index in [1.807, 2.05) is 28.6 Å². The third-order valence-corrected chi connectivity index (χ3v) is 4.27. The number of aromatic nitrogens is 4. The van der Waals surface area contributed by atoms with Crippen molar-refractivity contribution in [2.75, 3.05) is 6.54 Å². The van der Waals surface area contributed by atoms with Crippen LogP contribution in [0.1, 0.15) is 42.9 Å². The molecule has 0 bridgehead atoms. The van der Waals surface area contributed by atoms with Gasteiger partial charge in [0.2, 0.25) is 0 Å². The predicted molar refractivity (Wildman–Crippen MR) is 85.5 cm³/mol. The van der Waals surface area contributed by atoms with Crippen LogP contribution in [0.25, 0.3) is 0 Å². The van der Waals surface area contributed by atoms with Gasteiger partial charge in [-0.15, -0.1) is 10.2 Å². The molecule has 1 aliphatic rings. The fourth-order valence-corrected chi connectivity index (χ4v) is 2.98. The third kappa shape index (κ3) is 3.33. The van der Waals surface area contributed by atoms with E-state index in [1.165, 1.54) is 5.56 Å². The SMILES string of the molecule is CCc1ccnc(CNC(=O)N2CCCC2c2nncn2C)c1. The van der Waals surface area contributed by atoms with Crippen LogP contribution >= 0.6 is 0 Å². The smallest absolute Gasteiger partial charge is 0.318 e. The van der Waals surface area contributed by atoms with E-state index in [4.69, 9.17) is 0 Å². The Balaban J connectivity index is 1.64. The number of likely N-dealkylation sites (tertiary alicyclic amines) is 1. The molecule has 7 nitrogen and oxygen atoms in total. The van der Waals surface area contributed by atoms with Gasteiger partial charge < -0.3 is 14.8 Å². The predicted octanol–water partition coefficient (Wildman–Crippen LogP) is 1.82. The van der Waals surface area contributed by atoms with Crippen molar-refractivity contribution >= 4 is 6.03 Å². The van der Waals surface area contributed by atoms with Crippen LogP contribution in [0, 0.1) is 0 Å². The Bertz CT molecular complexity index is 683. The number of aryl methyl sites for hydroxylation is 2. The Morgan fingerprint density at radius 3 is 3.09 bits per heavy atom. The summed E-state index contributed by atoms with van der Waals surface area (Å²) in [4.78, 5) is 18.7. The number of pyridine rings is 1. The first-order chi connectivity index (χ1) is 11.2. The highest BCUT2D eigenvalue weighted by atomic mass is 16.2. The van der Waals surface area contributed by atoms with Gasteiger partial charge in [0, 0.05) is 19.8 Å². The van der Waals surface area contributed by atoms with Gasteiger partial charge in [-0.1, -0.05) is 6.92 Å². The second-order valence-corrected chi connectivity index (χ2v) is 5.82. The van der Waals surface area contributed by atoms with Crippen molar-refractivity contribution < 1.29 is 4.79 Å². The van der Waals surface area contributed by atoms with Crippen molar-refractivity contribution in [1.82, 2.24) is 30.0 Å². The number of hydrogen-bond acceptors (Lipinski definition) is 4. The topological polar surface area (TPSA) is 75.9 Å². The van der Waals surface area contributed by atoms with Gasteiger partial charge in [-0.05, 0) is 37.0 Å². The van der Waals surface area contributed by atoms with Gasteiger partial charge in [-0.25, -0.2) is 4.79 Å². The van der Waals surface area contributed by atoms with Crippen molar-refractivity contribution in [3.05, 3.63) is 41.7 Å². The summed E-state index contributed by atoms with van der Waals surface area (Å²) in [5.74, 6) is 0.837. The molecular formula is C16H22N6O. The summed E-state index contributed by atoms with van der Waals surface area (Å²) in [5, 5.41) is 11.0. The lowest BCUT2D eigenvalue weighted by molar-refractivity contribution is 0.189. The number of nitrogens with zero attached hydrogens (tertiary/aromatic N) is 5. The molecule has 122 valence electrons. The average molecular weight is 314 g/mol. The number of rotatable bonds is 4. The molecular weight excluding hydrogens is 292 g/mol. The maximum Gasteiger partial charge on any atom is 0.318 e. The third-order valence-electron chi connectivity index (χ3n) is 4.27. The van der Waals surface area contributed by atoms with Gasteiger partial charge in [0.25, 0.3) is 0 Å². The molecule has 0 radical (unpaired) electrons. The first kappa shape index (κ1) is 15.5. The zero-order chi connectivity index (χ0) is 16.2. The molecule has 7 heteroatoms. The van der Waals surface area contributed by atoms with Gasteiger partial charge in [-0.2, -0.15) is 0 Å². The van der Waals surface area contributed by atoms with Crippen LogP contribution in [0.15, 0.2) is 24.7 Å². The second-order valence-electron chi connectivity index (χ2n) is 5.82. The number of carbonyl (C=O) groups is 1. The highest BCUT2D eigenvalue weighted by molar-refractivity contribution is 5.74. The van der Waals surface area contributed by atoms with E-state index >= 15 is 0 Å². The van der Waals surface area contributed by atoms with Gasteiger partial charge in [0.05, 0.1) is 18.3 Å². The Morgan fingerprint density at radius 1 is 1.48 bits per heavy atom. The molecule has 1 N–H and O–H groups in total. The molecule has 1 saturated heterocycles. The maximum absolute atomic E-state index is 12.5. The molecule has 1 aliphatic heterocycles. The Labute approximate surface area is 135 Å². The second kappa shape index (κ2) is 6.76. The van der Waals surface area contributed by atoms with Crippen LogP contribution in [-0.2, 0) is 20.0 Å². The quantitative estimate of drug-likeness (QED) is 0.934. The van der Waals surface area contributed by atoms with E-state index in [1.54, 1.807) is 12.5 Å². The number of nitrogens with one attached hydrogen (secondary N) is 1. The van der Waals surface area contributed by atoms with Crippen LogP contribution in [0.2, 0.25) is 0 Å². The Kier molecular flexibility index (Phi) is 4.55. The number of amides is 2. The molecule has 0 aromatic carbocycles. The summed E-state index contributed by atoms with van der Waals surface area (Å²) >= 11 is 0. The molecule has 0 aliphatic carbocycles. The van der Waals surface area contributed by atoms with E-state index in [2.05, 4.69) is 27.4 Å². The first-order valence-corrected chi connectivity index (χ1v) is 8.01. The van der Waals surface area contributed by atoms with Crippen LogP contribution < -0.4 is 5.32 Å². The minimum absolute atomic E-state index is 0.00237. The average Bonchev–Trinajstić information content (AvgIpc) is 3.21. The van der Waals surface area contributed by atoms with E-state index in [9.17, 15) is 4.79 Å². The summed E-state index contributed by atoms with van der Waals surface area (Å²) in [6, 6.07) is 3.96. The van der Waals surface area contributed by atoms with Crippen molar-refractivity contribution in [3.63, 3.8) is 0 Å². The highest BCUT2D eigenvalue weighted by Crippen LogP contribution is 2.30. The molecule has 2 amide bonds. The largest absolute Gasteiger partial charge is 0.332 e. The molecule has 3 heterocycles. The highest BCUT2D eigenvalue weighted by Gasteiger charge is 2.32. The fourth-order valence-electron chi connectivity index (χ4n) is 2.98. The normalized spacial score (nSPS) is 17.5. The molecule has 3 rings (SSSR count). The summed E-state index contributed by atoms with van der Waals surface area (Å²) in [6.45, 7) is 3.29. The van der Waals surface area contributed by atoms with E-state index in [0.717, 1.165) is 37.3 Å². The van der Waals surface area contributed by atoms with Crippen molar-refractivity contribution in [1.29, 1.82) is 0 Å². The fraction of sp³-hybridized carbons (Fsp3) is 0.500. The lowest BCUT2D eigenvalue weighted by Crippen LogP contribution is -2.39. The minimum Gasteiger partial charge on any atom is -0.332 e. The number of urea groups is 1. The maximum atomic E-state index is 12.5. The summed E-state index contributed by atoms with van der Waals surface area (Å²) in [6.07, 6.45) is 6.32. The monoisotopic (exact) mass is 314 g/mol. The molecule has 2 aromatic heterocycles. The Morgan fingerprint density at radius 2 is 2.35 bits per heavy atom. The van der Waals surface area contributed by atoms with Gasteiger partial charge in [0.15, 0.2) is 5.82 Å².